The van der Waals surface area contributed by atoms with Crippen molar-refractivity contribution in [1.82, 2.24) is 9.55 Å². The van der Waals surface area contributed by atoms with Crippen LogP contribution < -0.4 is 5.73 Å². The van der Waals surface area contributed by atoms with Gasteiger partial charge < -0.3 is 15.4 Å². The number of aliphatic hydroxyl groups excluding tert-OH is 1. The van der Waals surface area contributed by atoms with Crippen LogP contribution in [0, 0.1) is 0 Å². The van der Waals surface area contributed by atoms with Gasteiger partial charge >= 0.3 is 0 Å². The van der Waals surface area contributed by atoms with Gasteiger partial charge in [0.2, 0.25) is 0 Å². The smallest absolute Gasteiger partial charge is 0.113 e. The number of aromatic nitrogens is 2. The van der Waals surface area contributed by atoms with Crippen molar-refractivity contribution < 1.29 is 5.11 Å². The first-order valence-electron chi connectivity index (χ1n) is 6.63. The molecule has 4 heteroatoms. The number of hydrogen-bond donors (Lipinski definition) is 2. The van der Waals surface area contributed by atoms with Gasteiger partial charge in [-0.25, -0.2) is 4.98 Å². The Hall–Kier alpha value is -1.55. The van der Waals surface area contributed by atoms with Gasteiger partial charge in [0.15, 0.2) is 0 Å². The number of benzene rings is 1. The topological polar surface area (TPSA) is 64.1 Å². The van der Waals surface area contributed by atoms with Crippen LogP contribution in [0.3, 0.4) is 0 Å². The Bertz CT molecular complexity index is 623. The maximum absolute atomic E-state index is 9.70. The summed E-state index contributed by atoms with van der Waals surface area (Å²) in [4.78, 5) is 4.76. The van der Waals surface area contributed by atoms with E-state index in [1.54, 1.807) is 0 Å². The number of fused-ring (bicyclic) bond motifs is 1. The summed E-state index contributed by atoms with van der Waals surface area (Å²) in [5, 5.41) is 9.70. The summed E-state index contributed by atoms with van der Waals surface area (Å²) in [6.45, 7) is 0.211. The van der Waals surface area contributed by atoms with Gasteiger partial charge in [0.25, 0.3) is 0 Å². The van der Waals surface area contributed by atoms with Gasteiger partial charge in [-0.1, -0.05) is 0 Å². The molecule has 0 saturated heterocycles. The zero-order valence-electron chi connectivity index (χ0n) is 10.3. The van der Waals surface area contributed by atoms with Crippen molar-refractivity contribution in [3.63, 3.8) is 0 Å². The number of nitrogen functional groups attached to an aromatic ring is 1. The van der Waals surface area contributed by atoms with Crippen molar-refractivity contribution in [2.45, 2.75) is 37.1 Å². The fraction of sp³-hybridized carbons (Fsp3) is 0.500. The Morgan fingerprint density at radius 1 is 1.39 bits per heavy atom. The van der Waals surface area contributed by atoms with Crippen LogP contribution in [-0.4, -0.2) is 21.3 Å². The van der Waals surface area contributed by atoms with E-state index < -0.39 is 0 Å². The van der Waals surface area contributed by atoms with Crippen LogP contribution in [0.15, 0.2) is 18.2 Å². The molecule has 1 heterocycles. The zero-order chi connectivity index (χ0) is 12.3. The van der Waals surface area contributed by atoms with Crippen LogP contribution in [0.4, 0.5) is 5.69 Å². The summed E-state index contributed by atoms with van der Waals surface area (Å²) in [6.07, 6.45) is 4.55. The zero-order valence-corrected chi connectivity index (χ0v) is 10.3. The molecule has 0 atom stereocenters. The van der Waals surface area contributed by atoms with Crippen LogP contribution >= 0.6 is 0 Å². The molecule has 0 bridgehead atoms. The number of aliphatic hydroxyl groups is 1. The largest absolute Gasteiger partial charge is 0.399 e. The number of nitrogens with zero attached hydrogens (tertiary/aromatic N) is 2. The molecule has 0 spiro atoms. The average molecular weight is 243 g/mol. The Kier molecular flexibility index (Phi) is 1.88. The summed E-state index contributed by atoms with van der Waals surface area (Å²) < 4.78 is 2.29. The van der Waals surface area contributed by atoms with Crippen molar-refractivity contribution in [3.8, 4) is 0 Å². The maximum atomic E-state index is 9.70. The molecule has 4 rings (SSSR count). The number of nitrogens with two attached hydrogens (primary N) is 1. The molecule has 1 aromatic carbocycles. The summed E-state index contributed by atoms with van der Waals surface area (Å²) in [5.41, 5.74) is 8.60. The number of rotatable bonds is 3. The van der Waals surface area contributed by atoms with Crippen LogP contribution in [0.2, 0.25) is 0 Å². The lowest BCUT2D eigenvalue weighted by molar-refractivity contribution is 0.213. The highest BCUT2D eigenvalue weighted by Crippen LogP contribution is 2.50. The average Bonchev–Trinajstić information content (AvgIpc) is 3.27. The van der Waals surface area contributed by atoms with E-state index >= 15 is 0 Å². The van der Waals surface area contributed by atoms with E-state index in [9.17, 15) is 5.11 Å². The highest BCUT2D eigenvalue weighted by molar-refractivity contribution is 5.80. The second kappa shape index (κ2) is 3.26. The molecule has 2 saturated carbocycles. The standard InChI is InChI=1S/C14H17N3O/c15-10-3-4-12-11(7-10)16-13(9-1-2-9)17(12)14(8-18)5-6-14/h3-4,7,9,18H,1-2,5-6,8,15H2. The quantitative estimate of drug-likeness (QED) is 0.810. The molecule has 2 aliphatic rings. The van der Waals surface area contributed by atoms with Crippen LogP contribution in [0.25, 0.3) is 11.0 Å². The lowest BCUT2D eigenvalue weighted by atomic mass is 10.2. The lowest BCUT2D eigenvalue weighted by Gasteiger charge is -2.18. The summed E-state index contributed by atoms with van der Waals surface area (Å²) >= 11 is 0. The molecule has 0 aliphatic heterocycles. The normalized spacial score (nSPS) is 21.4. The van der Waals surface area contributed by atoms with Crippen LogP contribution in [0.5, 0.6) is 0 Å². The van der Waals surface area contributed by atoms with Gasteiger partial charge in [-0.2, -0.15) is 0 Å². The van der Waals surface area contributed by atoms with Crippen molar-refractivity contribution in [1.29, 1.82) is 0 Å². The molecule has 2 aromatic rings. The third-order valence-corrected chi connectivity index (χ3v) is 4.24. The summed E-state index contributed by atoms with van der Waals surface area (Å²) in [6, 6.07) is 5.90. The molecule has 4 nitrogen and oxygen atoms in total. The predicted molar refractivity (Wildman–Crippen MR) is 70.4 cm³/mol. The Labute approximate surface area is 105 Å². The van der Waals surface area contributed by atoms with Gasteiger partial charge in [0.05, 0.1) is 23.2 Å². The third kappa shape index (κ3) is 1.32. The third-order valence-electron chi connectivity index (χ3n) is 4.24. The van der Waals surface area contributed by atoms with Gasteiger partial charge in [-0.15, -0.1) is 0 Å². The molecular weight excluding hydrogens is 226 g/mol. The molecule has 0 unspecified atom stereocenters. The second-order valence-electron chi connectivity index (χ2n) is 5.71. The predicted octanol–water partition coefficient (Wildman–Crippen LogP) is 1.98. The van der Waals surface area contributed by atoms with E-state index in [0.29, 0.717) is 5.92 Å². The molecule has 1 aromatic heterocycles. The van der Waals surface area contributed by atoms with E-state index in [4.69, 9.17) is 10.7 Å². The second-order valence-corrected chi connectivity index (χ2v) is 5.71. The van der Waals surface area contributed by atoms with Gasteiger partial charge in [-0.3, -0.25) is 0 Å². The molecule has 3 N–H and O–H groups in total. The van der Waals surface area contributed by atoms with E-state index in [1.807, 2.05) is 18.2 Å². The van der Waals surface area contributed by atoms with E-state index in [0.717, 1.165) is 35.4 Å². The minimum atomic E-state index is -0.0806. The van der Waals surface area contributed by atoms with E-state index in [1.165, 1.54) is 12.8 Å². The first-order valence-corrected chi connectivity index (χ1v) is 6.63. The Morgan fingerprint density at radius 3 is 2.78 bits per heavy atom. The molecule has 94 valence electrons. The summed E-state index contributed by atoms with van der Waals surface area (Å²) in [5.74, 6) is 1.74. The van der Waals surface area contributed by atoms with Crippen LogP contribution in [-0.2, 0) is 5.54 Å². The monoisotopic (exact) mass is 243 g/mol. The highest BCUT2D eigenvalue weighted by Gasteiger charge is 2.48. The van der Waals surface area contributed by atoms with Crippen molar-refractivity contribution >= 4 is 16.7 Å². The minimum Gasteiger partial charge on any atom is -0.399 e. The Balaban J connectivity index is 1.99. The van der Waals surface area contributed by atoms with Gasteiger partial charge in [-0.05, 0) is 43.9 Å². The number of hydrogen-bond acceptors (Lipinski definition) is 3. The minimum absolute atomic E-state index is 0.0806. The molecule has 2 fully saturated rings. The van der Waals surface area contributed by atoms with E-state index in [2.05, 4.69) is 4.57 Å². The fourth-order valence-corrected chi connectivity index (χ4v) is 2.83. The molecular formula is C14H17N3O. The van der Waals surface area contributed by atoms with Crippen molar-refractivity contribution in [2.75, 3.05) is 12.3 Å². The first kappa shape index (κ1) is 10.4. The molecule has 0 radical (unpaired) electrons. The number of anilines is 1. The summed E-state index contributed by atoms with van der Waals surface area (Å²) in [7, 11) is 0. The van der Waals surface area contributed by atoms with Gasteiger partial charge in [0, 0.05) is 11.6 Å². The first-order chi connectivity index (χ1) is 8.73. The molecule has 18 heavy (non-hydrogen) atoms. The highest BCUT2D eigenvalue weighted by atomic mass is 16.3. The Morgan fingerprint density at radius 2 is 2.17 bits per heavy atom. The van der Waals surface area contributed by atoms with Gasteiger partial charge in [0.1, 0.15) is 5.82 Å². The molecule has 0 amide bonds. The SMILES string of the molecule is Nc1ccc2c(c1)nc(C1CC1)n2C1(CO)CC1. The van der Waals surface area contributed by atoms with Crippen molar-refractivity contribution in [3.05, 3.63) is 24.0 Å². The van der Waals surface area contributed by atoms with E-state index in [-0.39, 0.29) is 12.1 Å². The lowest BCUT2D eigenvalue weighted by Crippen LogP contribution is -2.23. The fourth-order valence-electron chi connectivity index (χ4n) is 2.83. The molecule has 2 aliphatic carbocycles. The van der Waals surface area contributed by atoms with Crippen molar-refractivity contribution in [2.24, 2.45) is 0 Å². The van der Waals surface area contributed by atoms with Crippen LogP contribution in [0.1, 0.15) is 37.4 Å². The number of imidazole rings is 1. The maximum Gasteiger partial charge on any atom is 0.113 e.